The molecule has 0 atom stereocenters. The number of likely N-dealkylation sites (tertiary alicyclic amines) is 1. The van der Waals surface area contributed by atoms with Crippen LogP contribution in [0.5, 0.6) is 5.75 Å². The maximum atomic E-state index is 11.7. The van der Waals surface area contributed by atoms with Crippen molar-refractivity contribution in [2.45, 2.75) is 6.42 Å². The largest absolute Gasteiger partial charge is 0.493 e. The summed E-state index contributed by atoms with van der Waals surface area (Å²) in [5.74, 6) is 1.05. The Hall–Kier alpha value is -1.75. The van der Waals surface area contributed by atoms with Crippen LogP contribution in [-0.4, -0.2) is 42.2 Å². The van der Waals surface area contributed by atoms with Crippen LogP contribution >= 0.6 is 0 Å². The molecule has 1 aliphatic heterocycles. The predicted octanol–water partition coefficient (Wildman–Crippen LogP) is 0.488. The second-order valence-corrected chi connectivity index (χ2v) is 4.51. The number of benzene rings is 1. The van der Waals surface area contributed by atoms with Gasteiger partial charge in [0.05, 0.1) is 13.0 Å². The highest BCUT2D eigenvalue weighted by molar-refractivity contribution is 5.77. The van der Waals surface area contributed by atoms with E-state index in [1.165, 1.54) is 0 Å². The average molecular weight is 250 g/mol. The van der Waals surface area contributed by atoms with Gasteiger partial charge in [-0.15, -0.1) is 0 Å². The zero-order valence-electron chi connectivity index (χ0n) is 10.2. The van der Waals surface area contributed by atoms with Crippen LogP contribution in [-0.2, 0) is 4.79 Å². The van der Waals surface area contributed by atoms with E-state index in [1.807, 2.05) is 0 Å². The van der Waals surface area contributed by atoms with Gasteiger partial charge < -0.3 is 20.5 Å². The van der Waals surface area contributed by atoms with Crippen LogP contribution in [0.2, 0.25) is 0 Å². The first-order valence-electron chi connectivity index (χ1n) is 6.06. The lowest BCUT2D eigenvalue weighted by Gasteiger charge is -2.38. The molecule has 1 aliphatic rings. The Morgan fingerprint density at radius 3 is 2.67 bits per heavy atom. The fraction of sp³-hybridized carbons (Fsp3) is 0.462. The summed E-state index contributed by atoms with van der Waals surface area (Å²) in [4.78, 5) is 13.4. The van der Waals surface area contributed by atoms with Crippen LogP contribution in [0.25, 0.3) is 0 Å². The SMILES string of the molecule is Nc1ccc(OCCC(=O)N2CC(CO)C2)cc1. The molecule has 0 unspecified atom stereocenters. The molecule has 0 aromatic heterocycles. The molecule has 1 fully saturated rings. The quantitative estimate of drug-likeness (QED) is 0.746. The minimum Gasteiger partial charge on any atom is -0.493 e. The number of anilines is 1. The van der Waals surface area contributed by atoms with E-state index in [2.05, 4.69) is 0 Å². The van der Waals surface area contributed by atoms with E-state index in [0.29, 0.717) is 37.6 Å². The molecule has 1 aromatic rings. The molecule has 0 aliphatic carbocycles. The van der Waals surface area contributed by atoms with Gasteiger partial charge in [0.15, 0.2) is 0 Å². The lowest BCUT2D eigenvalue weighted by atomic mass is 10.0. The number of aliphatic hydroxyl groups excluding tert-OH is 1. The molecular weight excluding hydrogens is 232 g/mol. The first-order valence-corrected chi connectivity index (χ1v) is 6.06. The van der Waals surface area contributed by atoms with Gasteiger partial charge in [0.2, 0.25) is 5.91 Å². The first kappa shape index (κ1) is 12.7. The van der Waals surface area contributed by atoms with Crippen molar-refractivity contribution in [1.82, 2.24) is 4.90 Å². The maximum absolute atomic E-state index is 11.7. The molecular formula is C13H18N2O3. The number of aliphatic hydroxyl groups is 1. The van der Waals surface area contributed by atoms with Gasteiger partial charge in [-0.25, -0.2) is 0 Å². The van der Waals surface area contributed by atoms with Gasteiger partial charge in [-0.1, -0.05) is 0 Å². The lowest BCUT2D eigenvalue weighted by molar-refractivity contribution is -0.138. The fourth-order valence-electron chi connectivity index (χ4n) is 1.87. The second-order valence-electron chi connectivity index (χ2n) is 4.51. The standard InChI is InChI=1S/C13H18N2O3/c14-11-1-3-12(4-2-11)18-6-5-13(17)15-7-10(8-15)9-16/h1-4,10,16H,5-9,14H2. The predicted molar refractivity (Wildman–Crippen MR) is 68.1 cm³/mol. The van der Waals surface area contributed by atoms with Gasteiger partial charge >= 0.3 is 0 Å². The third-order valence-corrected chi connectivity index (χ3v) is 3.03. The van der Waals surface area contributed by atoms with Crippen molar-refractivity contribution < 1.29 is 14.6 Å². The number of carbonyl (C=O) groups excluding carboxylic acids is 1. The minimum absolute atomic E-state index is 0.0788. The highest BCUT2D eigenvalue weighted by Crippen LogP contribution is 2.16. The molecule has 5 nitrogen and oxygen atoms in total. The van der Waals surface area contributed by atoms with Crippen molar-refractivity contribution in [3.63, 3.8) is 0 Å². The van der Waals surface area contributed by atoms with Gasteiger partial charge in [0.25, 0.3) is 0 Å². The Bertz CT molecular complexity index is 399. The molecule has 1 saturated heterocycles. The van der Waals surface area contributed by atoms with Crippen molar-refractivity contribution in [2.75, 3.05) is 32.0 Å². The zero-order chi connectivity index (χ0) is 13.0. The van der Waals surface area contributed by atoms with Gasteiger partial charge in [0.1, 0.15) is 5.75 Å². The highest BCUT2D eigenvalue weighted by atomic mass is 16.5. The van der Waals surface area contributed by atoms with Gasteiger partial charge in [0, 0.05) is 31.3 Å². The fourth-order valence-corrected chi connectivity index (χ4v) is 1.87. The molecule has 0 saturated carbocycles. The molecule has 98 valence electrons. The summed E-state index contributed by atoms with van der Waals surface area (Å²) in [6, 6.07) is 7.09. The Kier molecular flexibility index (Phi) is 4.04. The van der Waals surface area contributed by atoms with Gasteiger partial charge in [-0.05, 0) is 24.3 Å². The molecule has 2 rings (SSSR count). The molecule has 1 heterocycles. The Balaban J connectivity index is 1.66. The number of hydrogen-bond donors (Lipinski definition) is 2. The van der Waals surface area contributed by atoms with Crippen molar-refractivity contribution in [2.24, 2.45) is 5.92 Å². The summed E-state index contributed by atoms with van der Waals surface area (Å²) in [6.45, 7) is 1.85. The highest BCUT2D eigenvalue weighted by Gasteiger charge is 2.29. The Morgan fingerprint density at radius 2 is 2.06 bits per heavy atom. The number of ether oxygens (including phenoxy) is 1. The summed E-state index contributed by atoms with van der Waals surface area (Å²) in [5, 5.41) is 8.86. The summed E-state index contributed by atoms with van der Waals surface area (Å²) < 4.78 is 5.45. The molecule has 1 amide bonds. The number of amides is 1. The second kappa shape index (κ2) is 5.73. The third-order valence-electron chi connectivity index (χ3n) is 3.03. The molecule has 0 radical (unpaired) electrons. The number of hydrogen-bond acceptors (Lipinski definition) is 4. The van der Waals surface area contributed by atoms with Crippen LogP contribution in [0.15, 0.2) is 24.3 Å². The van der Waals surface area contributed by atoms with Crippen LogP contribution in [0.3, 0.4) is 0 Å². The number of nitrogen functional groups attached to an aromatic ring is 1. The Morgan fingerprint density at radius 1 is 1.39 bits per heavy atom. The molecule has 0 spiro atoms. The minimum atomic E-state index is 0.0788. The molecule has 18 heavy (non-hydrogen) atoms. The van der Waals surface area contributed by atoms with E-state index in [-0.39, 0.29) is 18.4 Å². The lowest BCUT2D eigenvalue weighted by Crippen LogP contribution is -2.51. The summed E-state index contributed by atoms with van der Waals surface area (Å²) in [5.41, 5.74) is 6.25. The summed E-state index contributed by atoms with van der Waals surface area (Å²) in [7, 11) is 0. The van der Waals surface area contributed by atoms with E-state index < -0.39 is 0 Å². The third kappa shape index (κ3) is 3.13. The Labute approximate surface area is 106 Å². The first-order chi connectivity index (χ1) is 8.69. The summed E-state index contributed by atoms with van der Waals surface area (Å²) >= 11 is 0. The van der Waals surface area contributed by atoms with Gasteiger partial charge in [-0.3, -0.25) is 4.79 Å². The smallest absolute Gasteiger partial charge is 0.226 e. The van der Waals surface area contributed by atoms with E-state index in [0.717, 1.165) is 0 Å². The monoisotopic (exact) mass is 250 g/mol. The topological polar surface area (TPSA) is 75.8 Å². The number of nitrogens with two attached hydrogens (primary N) is 1. The number of carbonyl (C=O) groups is 1. The molecule has 1 aromatic carbocycles. The van der Waals surface area contributed by atoms with E-state index >= 15 is 0 Å². The average Bonchev–Trinajstić information content (AvgIpc) is 2.30. The van der Waals surface area contributed by atoms with Crippen LogP contribution in [0.4, 0.5) is 5.69 Å². The van der Waals surface area contributed by atoms with Gasteiger partial charge in [-0.2, -0.15) is 0 Å². The van der Waals surface area contributed by atoms with E-state index in [9.17, 15) is 4.79 Å². The van der Waals surface area contributed by atoms with Crippen LogP contribution < -0.4 is 10.5 Å². The zero-order valence-corrected chi connectivity index (χ0v) is 10.2. The maximum Gasteiger partial charge on any atom is 0.226 e. The van der Waals surface area contributed by atoms with Crippen LogP contribution in [0, 0.1) is 5.92 Å². The van der Waals surface area contributed by atoms with Crippen molar-refractivity contribution in [3.8, 4) is 5.75 Å². The normalized spacial score (nSPS) is 15.3. The number of nitrogens with zero attached hydrogens (tertiary/aromatic N) is 1. The van der Waals surface area contributed by atoms with Crippen molar-refractivity contribution in [1.29, 1.82) is 0 Å². The molecule has 0 bridgehead atoms. The molecule has 3 N–H and O–H groups in total. The van der Waals surface area contributed by atoms with Crippen LogP contribution in [0.1, 0.15) is 6.42 Å². The summed E-state index contributed by atoms with van der Waals surface area (Å²) in [6.07, 6.45) is 0.364. The van der Waals surface area contributed by atoms with Crippen molar-refractivity contribution >= 4 is 11.6 Å². The number of rotatable bonds is 5. The molecule has 5 heteroatoms. The van der Waals surface area contributed by atoms with Crippen molar-refractivity contribution in [3.05, 3.63) is 24.3 Å². The van der Waals surface area contributed by atoms with E-state index in [4.69, 9.17) is 15.6 Å². The van der Waals surface area contributed by atoms with E-state index in [1.54, 1.807) is 29.2 Å².